The molecule has 3 atom stereocenters. The van der Waals surface area contributed by atoms with Gasteiger partial charge in [0.15, 0.2) is 5.78 Å². The zero-order valence-corrected chi connectivity index (χ0v) is 22.6. The lowest BCUT2D eigenvalue weighted by Gasteiger charge is -2.45. The largest absolute Gasteiger partial charge is 0.497 e. The van der Waals surface area contributed by atoms with Crippen LogP contribution in [0.4, 0.5) is 0 Å². The maximum absolute atomic E-state index is 14.4. The van der Waals surface area contributed by atoms with Gasteiger partial charge in [0.2, 0.25) is 5.41 Å². The third-order valence-corrected chi connectivity index (χ3v) is 8.49. The van der Waals surface area contributed by atoms with Crippen LogP contribution in [0.5, 0.6) is 5.75 Å². The van der Waals surface area contributed by atoms with Gasteiger partial charge in [-0.1, -0.05) is 57.2 Å². The van der Waals surface area contributed by atoms with Gasteiger partial charge in [-0.25, -0.2) is 0 Å². The van der Waals surface area contributed by atoms with E-state index in [0.717, 1.165) is 24.0 Å². The predicted octanol–water partition coefficient (Wildman–Crippen LogP) is 3.70. The molecule has 3 fully saturated rings. The highest BCUT2D eigenvalue weighted by molar-refractivity contribution is 6.07. The molecule has 2 spiro atoms. The van der Waals surface area contributed by atoms with Crippen LogP contribution in [-0.4, -0.2) is 53.4 Å². The molecule has 9 heteroatoms. The molecule has 0 bridgehead atoms. The van der Waals surface area contributed by atoms with Crippen molar-refractivity contribution in [2.75, 3.05) is 7.11 Å². The van der Waals surface area contributed by atoms with Crippen molar-refractivity contribution in [1.82, 2.24) is 5.01 Å². The lowest BCUT2D eigenvalue weighted by Crippen LogP contribution is -2.59. The van der Waals surface area contributed by atoms with Crippen LogP contribution >= 0.6 is 0 Å². The Kier molecular flexibility index (Phi) is 6.33. The van der Waals surface area contributed by atoms with Crippen molar-refractivity contribution < 1.29 is 34.1 Å². The first-order valence-corrected chi connectivity index (χ1v) is 13.2. The van der Waals surface area contributed by atoms with E-state index in [9.17, 15) is 14.4 Å². The van der Waals surface area contributed by atoms with E-state index in [1.807, 2.05) is 57.2 Å². The summed E-state index contributed by atoms with van der Waals surface area (Å²) in [6.45, 7) is 5.52. The number of rotatable bonds is 3. The number of ether oxygens (including phenoxy) is 3. The standard InChI is InChI=1S/C30H32N2O6.H2O/c1-28(2,3)25(33)23-22(18-11-13-20(36-4)14-12-18)30(24-21-10-6-5-9-19(21)17-31-32(23)24)26(34)37-29(38-27(30)35)15-7-8-16-29;/h5-6,9-14,17,22-24H,7-8,15-16H2,1-4H3;1H2. The number of hydrazone groups is 1. The average molecular weight is 535 g/mol. The summed E-state index contributed by atoms with van der Waals surface area (Å²) in [6, 6.07) is 12.9. The number of esters is 2. The van der Waals surface area contributed by atoms with E-state index in [2.05, 4.69) is 0 Å². The number of carbonyl (C=O) groups is 3. The van der Waals surface area contributed by atoms with Crippen molar-refractivity contribution >= 4 is 23.9 Å². The molecular formula is C30H34N2O7. The van der Waals surface area contributed by atoms with Gasteiger partial charge >= 0.3 is 11.9 Å². The van der Waals surface area contributed by atoms with Crippen LogP contribution in [0.15, 0.2) is 53.6 Å². The Hall–Kier alpha value is -3.72. The molecule has 4 aliphatic rings. The number of methoxy groups -OCH3 is 1. The minimum Gasteiger partial charge on any atom is -0.497 e. The molecule has 2 saturated heterocycles. The molecule has 1 saturated carbocycles. The third kappa shape index (κ3) is 3.77. The van der Waals surface area contributed by atoms with E-state index in [0.29, 0.717) is 24.2 Å². The summed E-state index contributed by atoms with van der Waals surface area (Å²) >= 11 is 0. The summed E-state index contributed by atoms with van der Waals surface area (Å²) in [5, 5.41) is 6.37. The average Bonchev–Trinajstić information content (AvgIpc) is 3.47. The molecule has 3 heterocycles. The fourth-order valence-electron chi connectivity index (χ4n) is 6.65. The van der Waals surface area contributed by atoms with E-state index in [4.69, 9.17) is 19.3 Å². The molecule has 0 aromatic heterocycles. The molecule has 2 aromatic carbocycles. The number of benzene rings is 2. The fraction of sp³-hybridized carbons (Fsp3) is 0.467. The second-order valence-electron chi connectivity index (χ2n) is 11.7. The first-order valence-electron chi connectivity index (χ1n) is 13.2. The molecule has 2 N–H and O–H groups in total. The molecule has 9 nitrogen and oxygen atoms in total. The Bertz CT molecular complexity index is 1320. The van der Waals surface area contributed by atoms with Crippen LogP contribution in [0.3, 0.4) is 0 Å². The van der Waals surface area contributed by atoms with E-state index in [-0.39, 0.29) is 11.3 Å². The van der Waals surface area contributed by atoms with Crippen LogP contribution < -0.4 is 4.74 Å². The number of hydrogen-bond acceptors (Lipinski definition) is 8. The minimum absolute atomic E-state index is 0. The maximum Gasteiger partial charge on any atom is 0.330 e. The Balaban J connectivity index is 0.00000308. The second kappa shape index (κ2) is 9.19. The Morgan fingerprint density at radius 1 is 1.00 bits per heavy atom. The molecule has 1 aliphatic carbocycles. The highest BCUT2D eigenvalue weighted by atomic mass is 16.7. The number of ketones is 1. The molecule has 2 aromatic rings. The highest BCUT2D eigenvalue weighted by Gasteiger charge is 2.76. The van der Waals surface area contributed by atoms with Gasteiger partial charge in [-0.15, -0.1) is 0 Å². The van der Waals surface area contributed by atoms with Gasteiger partial charge in [0.1, 0.15) is 17.8 Å². The predicted molar refractivity (Wildman–Crippen MR) is 142 cm³/mol. The van der Waals surface area contributed by atoms with Crippen molar-refractivity contribution in [3.05, 3.63) is 65.2 Å². The van der Waals surface area contributed by atoms with Gasteiger partial charge in [-0.3, -0.25) is 19.4 Å². The van der Waals surface area contributed by atoms with Crippen molar-refractivity contribution in [2.45, 2.75) is 70.2 Å². The van der Waals surface area contributed by atoms with Crippen molar-refractivity contribution in [1.29, 1.82) is 0 Å². The lowest BCUT2D eigenvalue weighted by atomic mass is 9.64. The van der Waals surface area contributed by atoms with Crippen LogP contribution in [0.1, 0.15) is 75.1 Å². The van der Waals surface area contributed by atoms with E-state index in [1.165, 1.54) is 0 Å². The molecule has 206 valence electrons. The second-order valence-corrected chi connectivity index (χ2v) is 11.7. The topological polar surface area (TPSA) is 126 Å². The van der Waals surface area contributed by atoms with Gasteiger partial charge in [0.05, 0.1) is 13.3 Å². The van der Waals surface area contributed by atoms with Crippen LogP contribution in [-0.2, 0) is 23.9 Å². The maximum atomic E-state index is 14.4. The SMILES string of the molecule is COc1ccc(C2C(C(=O)C(C)(C)C)N3N=Cc4ccccc4C3C23C(=O)OC2(CCCC2)OC3=O)cc1.O. The van der Waals surface area contributed by atoms with Crippen molar-refractivity contribution in [2.24, 2.45) is 15.9 Å². The minimum atomic E-state index is -1.83. The molecular weight excluding hydrogens is 500 g/mol. The molecule has 39 heavy (non-hydrogen) atoms. The quantitative estimate of drug-likeness (QED) is 0.434. The summed E-state index contributed by atoms with van der Waals surface area (Å²) in [4.78, 5) is 43.1. The van der Waals surface area contributed by atoms with Gasteiger partial charge in [-0.2, -0.15) is 5.10 Å². The summed E-state index contributed by atoms with van der Waals surface area (Å²) in [6.07, 6.45) is 4.26. The normalized spacial score (nSPS) is 25.9. The Morgan fingerprint density at radius 2 is 1.62 bits per heavy atom. The number of hydrogen-bond donors (Lipinski definition) is 0. The van der Waals surface area contributed by atoms with E-state index < -0.39 is 46.6 Å². The van der Waals surface area contributed by atoms with Crippen molar-refractivity contribution in [3.63, 3.8) is 0 Å². The summed E-state index contributed by atoms with van der Waals surface area (Å²) in [7, 11) is 1.57. The third-order valence-electron chi connectivity index (χ3n) is 8.49. The van der Waals surface area contributed by atoms with Gasteiger partial charge < -0.3 is 19.7 Å². The lowest BCUT2D eigenvalue weighted by molar-refractivity contribution is -0.263. The number of nitrogens with zero attached hydrogens (tertiary/aromatic N) is 2. The smallest absolute Gasteiger partial charge is 0.330 e. The number of carbonyl (C=O) groups excluding carboxylic acids is 3. The van der Waals surface area contributed by atoms with E-state index in [1.54, 1.807) is 30.5 Å². The monoisotopic (exact) mass is 534 g/mol. The van der Waals surface area contributed by atoms with Crippen LogP contribution in [0.25, 0.3) is 0 Å². The van der Waals surface area contributed by atoms with Crippen LogP contribution in [0.2, 0.25) is 0 Å². The highest BCUT2D eigenvalue weighted by Crippen LogP contribution is 2.64. The van der Waals surface area contributed by atoms with Crippen molar-refractivity contribution in [3.8, 4) is 5.75 Å². The van der Waals surface area contributed by atoms with E-state index >= 15 is 0 Å². The first-order chi connectivity index (χ1) is 18.1. The summed E-state index contributed by atoms with van der Waals surface area (Å²) in [5.74, 6) is -2.94. The number of fused-ring (bicyclic) bond motifs is 4. The zero-order valence-electron chi connectivity index (χ0n) is 22.6. The van der Waals surface area contributed by atoms with Crippen LogP contribution in [0, 0.1) is 10.8 Å². The molecule has 0 amide bonds. The fourth-order valence-corrected chi connectivity index (χ4v) is 6.65. The van der Waals surface area contributed by atoms with Gasteiger partial charge in [0.25, 0.3) is 5.79 Å². The molecule has 0 radical (unpaired) electrons. The molecule has 6 rings (SSSR count). The summed E-state index contributed by atoms with van der Waals surface area (Å²) < 4.78 is 17.6. The zero-order chi connectivity index (χ0) is 26.9. The van der Waals surface area contributed by atoms with Gasteiger partial charge in [-0.05, 0) is 41.7 Å². The van der Waals surface area contributed by atoms with Gasteiger partial charge in [0, 0.05) is 24.2 Å². The summed E-state index contributed by atoms with van der Waals surface area (Å²) in [5.41, 5.74) is -0.435. The molecule has 3 unspecified atom stereocenters. The number of Topliss-reactive ketones (excluding diaryl/α,β-unsaturated/α-hetero) is 1. The Morgan fingerprint density at radius 3 is 2.21 bits per heavy atom. The Labute approximate surface area is 227 Å². The first kappa shape index (κ1) is 26.9. The molecule has 3 aliphatic heterocycles.